The zero-order valence-electron chi connectivity index (χ0n) is 18.6. The molecule has 3 aromatic carbocycles. The van der Waals surface area contributed by atoms with E-state index in [1.807, 2.05) is 22.8 Å². The van der Waals surface area contributed by atoms with Crippen molar-refractivity contribution in [1.82, 2.24) is 9.47 Å². The van der Waals surface area contributed by atoms with Gasteiger partial charge in [0.2, 0.25) is 0 Å². The van der Waals surface area contributed by atoms with Crippen molar-refractivity contribution in [2.75, 3.05) is 18.4 Å². The van der Waals surface area contributed by atoms with E-state index in [0.717, 1.165) is 28.6 Å². The molecule has 0 spiro atoms. The Balaban J connectivity index is 1.35. The summed E-state index contributed by atoms with van der Waals surface area (Å²) < 4.78 is 15.5. The van der Waals surface area contributed by atoms with Gasteiger partial charge in [0.25, 0.3) is 5.56 Å². The van der Waals surface area contributed by atoms with Crippen LogP contribution >= 0.6 is 0 Å². The summed E-state index contributed by atoms with van der Waals surface area (Å²) in [5.74, 6) is -0.128. The molecule has 6 heteroatoms. The van der Waals surface area contributed by atoms with Gasteiger partial charge in [0.05, 0.1) is 0 Å². The highest BCUT2D eigenvalue weighted by atomic mass is 19.1. The summed E-state index contributed by atoms with van der Waals surface area (Å²) in [7, 11) is 0. The van der Waals surface area contributed by atoms with E-state index < -0.39 is 0 Å². The number of nitrogens with zero attached hydrogens (tertiary/aromatic N) is 2. The highest BCUT2D eigenvalue weighted by Crippen LogP contribution is 2.40. The Bertz CT molecular complexity index is 1480. The first kappa shape index (κ1) is 20.7. The van der Waals surface area contributed by atoms with Gasteiger partial charge in [0, 0.05) is 48.6 Å². The van der Waals surface area contributed by atoms with Crippen molar-refractivity contribution in [2.24, 2.45) is 5.92 Å². The van der Waals surface area contributed by atoms with Gasteiger partial charge < -0.3 is 14.8 Å². The zero-order valence-corrected chi connectivity index (χ0v) is 18.6. The second-order valence-corrected chi connectivity index (χ2v) is 9.29. The van der Waals surface area contributed by atoms with E-state index in [1.54, 1.807) is 23.1 Å². The number of urea groups is 1. The standard InChI is InChI=1S/C28H24FN3O2/c29-23-6-3-7-24(14-23)30-28(34)31-15-18-12-22(17-31)27-25(10-11-26(33)32(27)16-18)21-9-8-19-4-1-2-5-20(19)13-21/h1-11,13-14,18,22H,12,15-17H2,(H,30,34)/t18-,22-/m0/s1. The SMILES string of the molecule is O=C(Nc1cccc(F)c1)N1C[C@@H]2C[C@@H](C1)c1c(-c3ccc4ccccc4c3)ccc(=O)n1C2. The number of hydrogen-bond donors (Lipinski definition) is 1. The Hall–Kier alpha value is -3.93. The Morgan fingerprint density at radius 1 is 0.882 bits per heavy atom. The molecule has 2 bridgehead atoms. The second kappa shape index (κ2) is 8.13. The number of hydrogen-bond acceptors (Lipinski definition) is 2. The summed E-state index contributed by atoms with van der Waals surface area (Å²) in [6.07, 6.45) is 0.938. The van der Waals surface area contributed by atoms with E-state index in [-0.39, 0.29) is 29.2 Å². The molecule has 6 rings (SSSR count). The Morgan fingerprint density at radius 3 is 2.59 bits per heavy atom. The highest BCUT2D eigenvalue weighted by Gasteiger charge is 2.38. The van der Waals surface area contributed by atoms with Crippen LogP contribution in [0.5, 0.6) is 0 Å². The van der Waals surface area contributed by atoms with Gasteiger partial charge in [-0.25, -0.2) is 9.18 Å². The van der Waals surface area contributed by atoms with Gasteiger partial charge in [-0.2, -0.15) is 0 Å². The molecule has 0 radical (unpaired) electrons. The van der Waals surface area contributed by atoms with Gasteiger partial charge in [-0.3, -0.25) is 4.79 Å². The molecule has 2 amide bonds. The molecule has 3 heterocycles. The van der Waals surface area contributed by atoms with Crippen LogP contribution in [0.3, 0.4) is 0 Å². The lowest BCUT2D eigenvalue weighted by Gasteiger charge is -2.43. The molecule has 1 saturated heterocycles. The van der Waals surface area contributed by atoms with Crippen LogP contribution in [0.15, 0.2) is 83.7 Å². The third-order valence-electron chi connectivity index (χ3n) is 7.01. The first-order valence-corrected chi connectivity index (χ1v) is 11.6. The van der Waals surface area contributed by atoms with E-state index in [2.05, 4.69) is 35.6 Å². The maximum atomic E-state index is 13.6. The van der Waals surface area contributed by atoms with Crippen LogP contribution in [0.25, 0.3) is 21.9 Å². The number of nitrogens with one attached hydrogen (secondary N) is 1. The first-order valence-electron chi connectivity index (χ1n) is 11.6. The highest BCUT2D eigenvalue weighted by molar-refractivity contribution is 5.90. The van der Waals surface area contributed by atoms with E-state index in [0.29, 0.717) is 25.3 Å². The third kappa shape index (κ3) is 3.65. The van der Waals surface area contributed by atoms with Crippen LogP contribution in [-0.2, 0) is 6.54 Å². The predicted octanol–water partition coefficient (Wildman–Crippen LogP) is 5.46. The summed E-state index contributed by atoms with van der Waals surface area (Å²) in [5, 5.41) is 5.15. The predicted molar refractivity (Wildman–Crippen MR) is 131 cm³/mol. The van der Waals surface area contributed by atoms with Gasteiger partial charge in [-0.05, 0) is 59.0 Å². The molecule has 170 valence electrons. The molecule has 4 aromatic rings. The van der Waals surface area contributed by atoms with Crippen molar-refractivity contribution in [3.05, 3.63) is 101 Å². The van der Waals surface area contributed by atoms with Crippen molar-refractivity contribution >= 4 is 22.5 Å². The molecule has 2 atom stereocenters. The van der Waals surface area contributed by atoms with Gasteiger partial charge >= 0.3 is 6.03 Å². The molecular weight excluding hydrogens is 429 g/mol. The minimum absolute atomic E-state index is 0.00639. The Morgan fingerprint density at radius 2 is 1.74 bits per heavy atom. The minimum atomic E-state index is -0.387. The molecule has 1 N–H and O–H groups in total. The number of rotatable bonds is 2. The van der Waals surface area contributed by atoms with Crippen LogP contribution in [0.1, 0.15) is 18.0 Å². The number of fused-ring (bicyclic) bond motifs is 5. The van der Waals surface area contributed by atoms with Crippen LogP contribution in [0.2, 0.25) is 0 Å². The average molecular weight is 454 g/mol. The van der Waals surface area contributed by atoms with Gasteiger partial charge in [0.1, 0.15) is 5.82 Å². The lowest BCUT2D eigenvalue weighted by molar-refractivity contribution is 0.140. The molecule has 2 aliphatic rings. The number of pyridine rings is 1. The fourth-order valence-corrected chi connectivity index (χ4v) is 5.55. The molecule has 0 aliphatic carbocycles. The van der Waals surface area contributed by atoms with Gasteiger partial charge in [0.15, 0.2) is 0 Å². The molecule has 1 fully saturated rings. The fourth-order valence-electron chi connectivity index (χ4n) is 5.55. The summed E-state index contributed by atoms with van der Waals surface area (Å²) in [6.45, 7) is 1.68. The van der Waals surface area contributed by atoms with Gasteiger partial charge in [-0.15, -0.1) is 0 Å². The normalized spacial score (nSPS) is 19.0. The zero-order chi connectivity index (χ0) is 23.2. The van der Waals surface area contributed by atoms with Gasteiger partial charge in [-0.1, -0.05) is 42.5 Å². The number of anilines is 1. The Kier molecular flexibility index (Phi) is 4.94. The van der Waals surface area contributed by atoms with E-state index in [1.165, 1.54) is 17.5 Å². The summed E-state index contributed by atoms with van der Waals surface area (Å²) in [5.41, 5.74) is 3.56. The van der Waals surface area contributed by atoms with Crippen molar-refractivity contribution in [3.63, 3.8) is 0 Å². The minimum Gasteiger partial charge on any atom is -0.324 e. The van der Waals surface area contributed by atoms with E-state index in [9.17, 15) is 14.0 Å². The maximum absolute atomic E-state index is 13.6. The number of aromatic nitrogens is 1. The number of carbonyl (C=O) groups excluding carboxylic acids is 1. The molecular formula is C28H24FN3O2. The lowest BCUT2D eigenvalue weighted by Crippen LogP contribution is -2.50. The lowest BCUT2D eigenvalue weighted by atomic mass is 9.80. The Labute approximate surface area is 196 Å². The van der Waals surface area contributed by atoms with E-state index in [4.69, 9.17) is 0 Å². The van der Waals surface area contributed by atoms with Crippen LogP contribution in [0, 0.1) is 11.7 Å². The quantitative estimate of drug-likeness (QED) is 0.438. The average Bonchev–Trinajstić information content (AvgIpc) is 2.84. The number of amides is 2. The number of benzene rings is 3. The van der Waals surface area contributed by atoms with Crippen LogP contribution in [0.4, 0.5) is 14.9 Å². The van der Waals surface area contributed by atoms with Crippen LogP contribution < -0.4 is 10.9 Å². The van der Waals surface area contributed by atoms with Crippen molar-refractivity contribution in [2.45, 2.75) is 18.9 Å². The number of piperidine rings is 1. The summed E-state index contributed by atoms with van der Waals surface area (Å²) >= 11 is 0. The maximum Gasteiger partial charge on any atom is 0.321 e. The van der Waals surface area contributed by atoms with Crippen LogP contribution in [-0.4, -0.2) is 28.6 Å². The van der Waals surface area contributed by atoms with Crippen molar-refractivity contribution < 1.29 is 9.18 Å². The number of carbonyl (C=O) groups is 1. The second-order valence-electron chi connectivity index (χ2n) is 9.29. The summed E-state index contributed by atoms with van der Waals surface area (Å²) in [6, 6.07) is 23.9. The van der Waals surface area contributed by atoms with Crippen molar-refractivity contribution in [1.29, 1.82) is 0 Å². The monoisotopic (exact) mass is 453 g/mol. The van der Waals surface area contributed by atoms with E-state index >= 15 is 0 Å². The molecule has 5 nitrogen and oxygen atoms in total. The molecule has 2 aliphatic heterocycles. The molecule has 34 heavy (non-hydrogen) atoms. The number of halogens is 1. The topological polar surface area (TPSA) is 54.3 Å². The molecule has 1 aromatic heterocycles. The fraction of sp³-hybridized carbons (Fsp3) is 0.214. The molecule has 0 saturated carbocycles. The first-order chi connectivity index (χ1) is 16.5. The smallest absolute Gasteiger partial charge is 0.321 e. The van der Waals surface area contributed by atoms with Crippen molar-refractivity contribution in [3.8, 4) is 11.1 Å². The largest absolute Gasteiger partial charge is 0.324 e. The third-order valence-corrected chi connectivity index (χ3v) is 7.01. The molecule has 0 unspecified atom stereocenters. The number of likely N-dealkylation sites (tertiary alicyclic amines) is 1. The summed E-state index contributed by atoms with van der Waals surface area (Å²) in [4.78, 5) is 27.6.